The van der Waals surface area contributed by atoms with Gasteiger partial charge in [-0.2, -0.15) is 0 Å². The Morgan fingerprint density at radius 3 is 2.56 bits per heavy atom. The van der Waals surface area contributed by atoms with Crippen LogP contribution in [0.15, 0.2) is 30.5 Å². The Kier molecular flexibility index (Phi) is 3.76. The van der Waals surface area contributed by atoms with Crippen molar-refractivity contribution in [2.75, 3.05) is 6.54 Å². The lowest BCUT2D eigenvalue weighted by Gasteiger charge is -2.31. The van der Waals surface area contributed by atoms with Gasteiger partial charge < -0.3 is 10.3 Å². The van der Waals surface area contributed by atoms with Crippen LogP contribution in [0.1, 0.15) is 38.7 Å². The number of fused-ring (bicyclic) bond motifs is 1. The van der Waals surface area contributed by atoms with Gasteiger partial charge in [-0.05, 0) is 24.5 Å². The molecule has 2 heteroatoms. The minimum absolute atomic E-state index is 0.135. The van der Waals surface area contributed by atoms with Gasteiger partial charge in [0.25, 0.3) is 0 Å². The van der Waals surface area contributed by atoms with Crippen molar-refractivity contribution in [2.45, 2.75) is 38.5 Å². The molecule has 0 aliphatic rings. The molecule has 2 N–H and O–H groups in total. The maximum absolute atomic E-state index is 6.13. The van der Waals surface area contributed by atoms with Crippen LogP contribution in [0.5, 0.6) is 0 Å². The summed E-state index contributed by atoms with van der Waals surface area (Å²) in [6.45, 7) is 5.22. The number of benzene rings is 1. The van der Waals surface area contributed by atoms with E-state index < -0.39 is 0 Å². The van der Waals surface area contributed by atoms with Crippen LogP contribution in [-0.2, 0) is 12.5 Å². The van der Waals surface area contributed by atoms with Crippen molar-refractivity contribution in [1.29, 1.82) is 0 Å². The summed E-state index contributed by atoms with van der Waals surface area (Å²) < 4.78 is 2.22. The fraction of sp³-hybridized carbons (Fsp3) is 0.500. The molecule has 1 atom stereocenters. The Hall–Kier alpha value is -1.28. The first-order valence-corrected chi connectivity index (χ1v) is 6.93. The zero-order valence-electron chi connectivity index (χ0n) is 11.7. The van der Waals surface area contributed by atoms with Crippen LogP contribution in [0.2, 0.25) is 0 Å². The molecule has 98 valence electrons. The molecule has 0 amide bonds. The second kappa shape index (κ2) is 5.15. The molecule has 1 aromatic carbocycles. The summed E-state index contributed by atoms with van der Waals surface area (Å²) in [5.41, 5.74) is 8.99. The van der Waals surface area contributed by atoms with E-state index in [0.29, 0.717) is 0 Å². The van der Waals surface area contributed by atoms with Gasteiger partial charge in [0.2, 0.25) is 0 Å². The van der Waals surface area contributed by atoms with Crippen molar-refractivity contribution in [1.82, 2.24) is 4.57 Å². The van der Waals surface area contributed by atoms with Crippen LogP contribution < -0.4 is 5.73 Å². The van der Waals surface area contributed by atoms with Crippen molar-refractivity contribution >= 4 is 10.9 Å². The van der Waals surface area contributed by atoms with E-state index in [2.05, 4.69) is 55.9 Å². The van der Waals surface area contributed by atoms with E-state index in [1.165, 1.54) is 22.9 Å². The van der Waals surface area contributed by atoms with Crippen molar-refractivity contribution in [3.63, 3.8) is 0 Å². The first kappa shape index (κ1) is 13.2. The highest BCUT2D eigenvalue weighted by molar-refractivity contribution is 5.85. The third-order valence-corrected chi connectivity index (χ3v) is 4.26. The zero-order valence-corrected chi connectivity index (χ0v) is 11.7. The SMILES string of the molecule is CCCC(CC)(CN)c1cn(C)c2ccccc12. The van der Waals surface area contributed by atoms with Crippen LogP contribution >= 0.6 is 0 Å². The van der Waals surface area contributed by atoms with Gasteiger partial charge in [0.1, 0.15) is 0 Å². The first-order valence-electron chi connectivity index (χ1n) is 6.93. The molecule has 1 unspecified atom stereocenters. The lowest BCUT2D eigenvalue weighted by atomic mass is 9.74. The van der Waals surface area contributed by atoms with Crippen molar-refractivity contribution in [2.24, 2.45) is 12.8 Å². The normalized spacial score (nSPS) is 14.9. The summed E-state index contributed by atoms with van der Waals surface area (Å²) in [6.07, 6.45) is 5.71. The van der Waals surface area contributed by atoms with Crippen molar-refractivity contribution in [3.05, 3.63) is 36.0 Å². The first-order chi connectivity index (χ1) is 8.68. The van der Waals surface area contributed by atoms with E-state index in [9.17, 15) is 0 Å². The Morgan fingerprint density at radius 1 is 1.22 bits per heavy atom. The highest BCUT2D eigenvalue weighted by Crippen LogP contribution is 2.37. The number of nitrogens with two attached hydrogens (primary N) is 1. The summed E-state index contributed by atoms with van der Waals surface area (Å²) in [7, 11) is 2.12. The van der Waals surface area contributed by atoms with Crippen LogP contribution in [0.4, 0.5) is 0 Å². The predicted molar refractivity (Wildman–Crippen MR) is 78.9 cm³/mol. The molecule has 2 aromatic rings. The summed E-state index contributed by atoms with van der Waals surface area (Å²) in [4.78, 5) is 0. The van der Waals surface area contributed by atoms with Gasteiger partial charge in [0.15, 0.2) is 0 Å². The number of rotatable bonds is 5. The summed E-state index contributed by atoms with van der Waals surface area (Å²) >= 11 is 0. The second-order valence-corrected chi connectivity index (χ2v) is 5.26. The quantitative estimate of drug-likeness (QED) is 0.856. The Labute approximate surface area is 110 Å². The van der Waals surface area contributed by atoms with Gasteiger partial charge >= 0.3 is 0 Å². The van der Waals surface area contributed by atoms with E-state index in [-0.39, 0.29) is 5.41 Å². The van der Waals surface area contributed by atoms with Crippen molar-refractivity contribution in [3.8, 4) is 0 Å². The third kappa shape index (κ3) is 1.95. The van der Waals surface area contributed by atoms with Crippen LogP contribution in [0.3, 0.4) is 0 Å². The van der Waals surface area contributed by atoms with Gasteiger partial charge in [0.05, 0.1) is 0 Å². The maximum Gasteiger partial charge on any atom is 0.0480 e. The lowest BCUT2D eigenvalue weighted by molar-refractivity contribution is 0.387. The number of hydrogen-bond acceptors (Lipinski definition) is 1. The number of nitrogens with zero attached hydrogens (tertiary/aromatic N) is 1. The number of hydrogen-bond donors (Lipinski definition) is 1. The maximum atomic E-state index is 6.13. The molecule has 0 bridgehead atoms. The molecule has 0 radical (unpaired) electrons. The van der Waals surface area contributed by atoms with Crippen LogP contribution in [-0.4, -0.2) is 11.1 Å². The fourth-order valence-corrected chi connectivity index (χ4v) is 3.10. The highest BCUT2D eigenvalue weighted by atomic mass is 14.9. The number of aryl methyl sites for hydroxylation is 1. The van der Waals surface area contributed by atoms with Gasteiger partial charge in [-0.3, -0.25) is 0 Å². The molecule has 1 aromatic heterocycles. The molecule has 18 heavy (non-hydrogen) atoms. The number of para-hydroxylation sites is 1. The lowest BCUT2D eigenvalue weighted by Crippen LogP contribution is -2.34. The van der Waals surface area contributed by atoms with E-state index in [1.54, 1.807) is 0 Å². The number of aromatic nitrogens is 1. The molecule has 0 saturated heterocycles. The van der Waals surface area contributed by atoms with E-state index >= 15 is 0 Å². The Morgan fingerprint density at radius 2 is 1.94 bits per heavy atom. The van der Waals surface area contributed by atoms with Gasteiger partial charge in [-0.15, -0.1) is 0 Å². The average molecular weight is 244 g/mol. The monoisotopic (exact) mass is 244 g/mol. The fourth-order valence-electron chi connectivity index (χ4n) is 3.10. The molecular weight excluding hydrogens is 220 g/mol. The Bertz CT molecular complexity index is 521. The molecule has 1 heterocycles. The Balaban J connectivity index is 2.64. The smallest absolute Gasteiger partial charge is 0.0480 e. The third-order valence-electron chi connectivity index (χ3n) is 4.26. The molecule has 0 spiro atoms. The zero-order chi connectivity index (χ0) is 13.2. The topological polar surface area (TPSA) is 30.9 Å². The second-order valence-electron chi connectivity index (χ2n) is 5.26. The summed E-state index contributed by atoms with van der Waals surface area (Å²) in [5.74, 6) is 0. The predicted octanol–water partition coefficient (Wildman–Crippen LogP) is 3.58. The van der Waals surface area contributed by atoms with E-state index in [1.807, 2.05) is 0 Å². The van der Waals surface area contributed by atoms with Crippen molar-refractivity contribution < 1.29 is 0 Å². The largest absolute Gasteiger partial charge is 0.350 e. The highest BCUT2D eigenvalue weighted by Gasteiger charge is 2.30. The summed E-state index contributed by atoms with van der Waals surface area (Å²) in [5, 5.41) is 1.36. The molecular formula is C16H24N2. The van der Waals surface area contributed by atoms with Crippen LogP contribution in [0.25, 0.3) is 10.9 Å². The molecule has 0 saturated carbocycles. The van der Waals surface area contributed by atoms with E-state index in [4.69, 9.17) is 5.73 Å². The molecule has 2 rings (SSSR count). The minimum atomic E-state index is 0.135. The molecule has 2 nitrogen and oxygen atoms in total. The van der Waals surface area contributed by atoms with E-state index in [0.717, 1.165) is 19.4 Å². The molecule has 0 aliphatic heterocycles. The standard InChI is InChI=1S/C16H24N2/c1-4-10-16(5-2,12-17)14-11-18(3)15-9-7-6-8-13(14)15/h6-9,11H,4-5,10,12,17H2,1-3H3. The van der Waals surface area contributed by atoms with Crippen LogP contribution in [0, 0.1) is 0 Å². The molecule has 0 fully saturated rings. The minimum Gasteiger partial charge on any atom is -0.350 e. The summed E-state index contributed by atoms with van der Waals surface area (Å²) in [6, 6.07) is 8.62. The molecule has 0 aliphatic carbocycles. The average Bonchev–Trinajstić information content (AvgIpc) is 2.75. The van der Waals surface area contributed by atoms with Gasteiger partial charge in [0, 0.05) is 36.1 Å². The van der Waals surface area contributed by atoms with Gasteiger partial charge in [-0.1, -0.05) is 38.5 Å². The van der Waals surface area contributed by atoms with Gasteiger partial charge in [-0.25, -0.2) is 0 Å².